The Balaban J connectivity index is 1.49. The number of morpholine rings is 1. The van der Waals surface area contributed by atoms with E-state index < -0.39 is 0 Å². The van der Waals surface area contributed by atoms with Gasteiger partial charge >= 0.3 is 0 Å². The first-order valence-electron chi connectivity index (χ1n) is 8.83. The van der Waals surface area contributed by atoms with Crippen LogP contribution in [0.1, 0.15) is 0 Å². The predicted molar refractivity (Wildman–Crippen MR) is 109 cm³/mol. The number of ether oxygens (including phenoxy) is 1. The highest BCUT2D eigenvalue weighted by atomic mass is 32.2. The fourth-order valence-electron chi connectivity index (χ4n) is 2.94. The summed E-state index contributed by atoms with van der Waals surface area (Å²) < 4.78 is 7.20. The average molecular weight is 418 g/mol. The number of aromatic nitrogens is 3. The molecule has 2 aromatic heterocycles. The van der Waals surface area contributed by atoms with Crippen LogP contribution in [-0.2, 0) is 20.9 Å². The van der Waals surface area contributed by atoms with E-state index in [1.165, 1.54) is 23.1 Å². The van der Waals surface area contributed by atoms with E-state index in [1.54, 1.807) is 11.6 Å². The van der Waals surface area contributed by atoms with Gasteiger partial charge in [0, 0.05) is 24.7 Å². The minimum Gasteiger partial charge on any atom is -0.378 e. The molecule has 0 spiro atoms. The summed E-state index contributed by atoms with van der Waals surface area (Å²) in [5.41, 5.74) is 1.69. The summed E-state index contributed by atoms with van der Waals surface area (Å²) in [6.07, 6.45) is 1.64. The fourth-order valence-corrected chi connectivity index (χ4v) is 4.29. The summed E-state index contributed by atoms with van der Waals surface area (Å²) in [4.78, 5) is 35.4. The number of imidazole rings is 1. The Morgan fingerprint density at radius 1 is 1.25 bits per heavy atom. The minimum absolute atomic E-state index is 0.0283. The molecule has 28 heavy (non-hydrogen) atoms. The van der Waals surface area contributed by atoms with Crippen LogP contribution in [-0.4, -0.2) is 63.3 Å². The van der Waals surface area contributed by atoms with Crippen LogP contribution < -0.4 is 5.32 Å². The van der Waals surface area contributed by atoms with Crippen LogP contribution in [0.5, 0.6) is 0 Å². The molecular weight excluding hydrogens is 398 g/mol. The SMILES string of the molecule is O=C(CSc1nc2ccccc2n1CC(=O)N1CCOCC1)Nc1nccs1. The van der Waals surface area contributed by atoms with Crippen molar-refractivity contribution in [3.8, 4) is 0 Å². The highest BCUT2D eigenvalue weighted by Gasteiger charge is 2.21. The third-order valence-corrected chi connectivity index (χ3v) is 5.95. The van der Waals surface area contributed by atoms with Crippen molar-refractivity contribution in [2.24, 2.45) is 0 Å². The van der Waals surface area contributed by atoms with Gasteiger partial charge in [-0.3, -0.25) is 9.59 Å². The number of nitrogens with one attached hydrogen (secondary N) is 1. The molecule has 8 nitrogen and oxygen atoms in total. The molecule has 10 heteroatoms. The van der Waals surface area contributed by atoms with Crippen LogP contribution in [0.3, 0.4) is 0 Å². The van der Waals surface area contributed by atoms with Crippen molar-refractivity contribution in [2.45, 2.75) is 11.7 Å². The van der Waals surface area contributed by atoms with Gasteiger partial charge in [0.15, 0.2) is 10.3 Å². The Hall–Kier alpha value is -2.43. The molecule has 1 aromatic carbocycles. The van der Waals surface area contributed by atoms with Gasteiger partial charge in [-0.1, -0.05) is 23.9 Å². The lowest BCUT2D eigenvalue weighted by Crippen LogP contribution is -2.42. The molecular formula is C18H19N5O3S2. The first-order valence-corrected chi connectivity index (χ1v) is 10.7. The topological polar surface area (TPSA) is 89.4 Å². The lowest BCUT2D eigenvalue weighted by atomic mass is 10.3. The maximum Gasteiger partial charge on any atom is 0.242 e. The molecule has 0 atom stereocenters. The molecule has 1 aliphatic heterocycles. The summed E-state index contributed by atoms with van der Waals surface area (Å²) in [6.45, 7) is 2.52. The van der Waals surface area contributed by atoms with Gasteiger partial charge in [0.05, 0.1) is 30.0 Å². The Kier molecular flexibility index (Phi) is 5.89. The molecule has 3 heterocycles. The molecule has 2 amide bonds. The zero-order chi connectivity index (χ0) is 19.3. The van der Waals surface area contributed by atoms with Gasteiger partial charge in [0.25, 0.3) is 0 Å². The average Bonchev–Trinajstić information content (AvgIpc) is 3.35. The van der Waals surface area contributed by atoms with Crippen molar-refractivity contribution in [1.82, 2.24) is 19.4 Å². The second-order valence-corrected chi connectivity index (χ2v) is 7.97. The van der Waals surface area contributed by atoms with Gasteiger partial charge in [-0.05, 0) is 12.1 Å². The third kappa shape index (κ3) is 4.34. The Labute approximate surface area is 169 Å². The molecule has 3 aromatic rings. The van der Waals surface area contributed by atoms with Gasteiger partial charge in [-0.25, -0.2) is 9.97 Å². The predicted octanol–water partition coefficient (Wildman–Crippen LogP) is 2.08. The number of amides is 2. The van der Waals surface area contributed by atoms with Crippen LogP contribution >= 0.6 is 23.1 Å². The fraction of sp³-hybridized carbons (Fsp3) is 0.333. The number of carbonyl (C=O) groups is 2. The summed E-state index contributed by atoms with van der Waals surface area (Å²) in [6, 6.07) is 7.68. The van der Waals surface area contributed by atoms with Crippen LogP contribution in [0, 0.1) is 0 Å². The van der Waals surface area contributed by atoms with Crippen LogP contribution in [0.2, 0.25) is 0 Å². The molecule has 0 aliphatic carbocycles. The Morgan fingerprint density at radius 3 is 2.86 bits per heavy atom. The van der Waals surface area contributed by atoms with Crippen LogP contribution in [0.4, 0.5) is 5.13 Å². The van der Waals surface area contributed by atoms with Gasteiger partial charge in [-0.2, -0.15) is 0 Å². The van der Waals surface area contributed by atoms with Crippen molar-refractivity contribution in [1.29, 1.82) is 0 Å². The van der Waals surface area contributed by atoms with Crippen molar-refractivity contribution in [3.63, 3.8) is 0 Å². The lowest BCUT2D eigenvalue weighted by Gasteiger charge is -2.27. The Bertz CT molecular complexity index is 967. The number of rotatable bonds is 6. The number of thiazole rings is 1. The lowest BCUT2D eigenvalue weighted by molar-refractivity contribution is -0.135. The summed E-state index contributed by atoms with van der Waals surface area (Å²) in [7, 11) is 0. The maximum absolute atomic E-state index is 12.7. The number of thioether (sulfide) groups is 1. The molecule has 1 aliphatic rings. The summed E-state index contributed by atoms with van der Waals surface area (Å²) >= 11 is 2.68. The van der Waals surface area contributed by atoms with Gasteiger partial charge < -0.3 is 19.5 Å². The monoisotopic (exact) mass is 417 g/mol. The zero-order valence-corrected chi connectivity index (χ0v) is 16.7. The van der Waals surface area contributed by atoms with Crippen LogP contribution in [0.25, 0.3) is 11.0 Å². The first kappa shape index (κ1) is 18.9. The summed E-state index contributed by atoms with van der Waals surface area (Å²) in [5, 5.41) is 5.79. The molecule has 1 N–H and O–H groups in total. The molecule has 4 rings (SSSR count). The Morgan fingerprint density at radius 2 is 2.07 bits per heavy atom. The van der Waals surface area contributed by atoms with Crippen LogP contribution in [0.15, 0.2) is 41.0 Å². The van der Waals surface area contributed by atoms with E-state index >= 15 is 0 Å². The second kappa shape index (κ2) is 8.72. The number of carbonyl (C=O) groups excluding carboxylic acids is 2. The molecule has 0 unspecified atom stereocenters. The van der Waals surface area contributed by atoms with Gasteiger partial charge in [-0.15, -0.1) is 11.3 Å². The number of para-hydroxylation sites is 2. The maximum atomic E-state index is 12.7. The number of nitrogens with zero attached hydrogens (tertiary/aromatic N) is 4. The third-order valence-electron chi connectivity index (χ3n) is 4.29. The van der Waals surface area contributed by atoms with E-state index in [9.17, 15) is 9.59 Å². The molecule has 0 saturated carbocycles. The van der Waals surface area contributed by atoms with Crippen molar-refractivity contribution >= 4 is 51.1 Å². The van der Waals surface area contributed by atoms with Gasteiger partial charge in [0.2, 0.25) is 11.8 Å². The van der Waals surface area contributed by atoms with E-state index in [0.717, 1.165) is 11.0 Å². The van der Waals surface area contributed by atoms with Gasteiger partial charge in [0.1, 0.15) is 6.54 Å². The smallest absolute Gasteiger partial charge is 0.242 e. The minimum atomic E-state index is -0.155. The largest absolute Gasteiger partial charge is 0.378 e. The molecule has 0 bridgehead atoms. The van der Waals surface area contributed by atoms with E-state index in [-0.39, 0.29) is 24.1 Å². The number of fused-ring (bicyclic) bond motifs is 1. The van der Waals surface area contributed by atoms with Crippen molar-refractivity contribution in [2.75, 3.05) is 37.4 Å². The zero-order valence-electron chi connectivity index (χ0n) is 15.0. The first-order chi connectivity index (χ1) is 13.7. The van der Waals surface area contributed by atoms with E-state index in [0.29, 0.717) is 36.6 Å². The van der Waals surface area contributed by atoms with E-state index in [4.69, 9.17) is 4.74 Å². The number of anilines is 1. The molecule has 146 valence electrons. The van der Waals surface area contributed by atoms with Crippen molar-refractivity contribution < 1.29 is 14.3 Å². The quantitative estimate of drug-likeness (QED) is 0.618. The number of benzene rings is 1. The second-order valence-electron chi connectivity index (χ2n) is 6.14. The highest BCUT2D eigenvalue weighted by Crippen LogP contribution is 2.25. The van der Waals surface area contributed by atoms with Crippen molar-refractivity contribution in [3.05, 3.63) is 35.8 Å². The molecule has 1 fully saturated rings. The van der Waals surface area contributed by atoms with E-state index in [2.05, 4.69) is 15.3 Å². The highest BCUT2D eigenvalue weighted by molar-refractivity contribution is 7.99. The number of hydrogen-bond donors (Lipinski definition) is 1. The molecule has 1 saturated heterocycles. The summed E-state index contributed by atoms with van der Waals surface area (Å²) in [5.74, 6) is 0.0628. The van der Waals surface area contributed by atoms with E-state index in [1.807, 2.05) is 33.7 Å². The number of hydrogen-bond acceptors (Lipinski definition) is 7. The standard InChI is InChI=1S/C18H19N5O3S2/c24-15(21-17-19-5-10-27-17)12-28-18-20-13-3-1-2-4-14(13)23(18)11-16(25)22-6-8-26-9-7-22/h1-5,10H,6-9,11-12H2,(H,19,21,24). The molecule has 0 radical (unpaired) electrons. The normalized spacial score (nSPS) is 14.4.